The Balaban J connectivity index is 2.10. The minimum Gasteiger partial charge on any atom is -0.308 e. The molecule has 6 heteroatoms. The Morgan fingerprint density at radius 2 is 2.05 bits per heavy atom. The molecule has 1 fully saturated rings. The summed E-state index contributed by atoms with van der Waals surface area (Å²) < 4.78 is 0. The zero-order valence-electron chi connectivity index (χ0n) is 13.3. The lowest BCUT2D eigenvalue weighted by Crippen LogP contribution is -2.63. The van der Waals surface area contributed by atoms with Crippen molar-refractivity contribution in [3.8, 4) is 0 Å². The highest BCUT2D eigenvalue weighted by molar-refractivity contribution is 4.97. The van der Waals surface area contributed by atoms with Gasteiger partial charge in [0.1, 0.15) is 0 Å². The molecule has 1 aromatic rings. The molecule has 1 N–H and O–H groups in total. The van der Waals surface area contributed by atoms with Gasteiger partial charge >= 0.3 is 0 Å². The van der Waals surface area contributed by atoms with Crippen molar-refractivity contribution in [2.45, 2.75) is 64.6 Å². The van der Waals surface area contributed by atoms with Crippen LogP contribution in [-0.2, 0) is 13.6 Å². The highest BCUT2D eigenvalue weighted by Gasteiger charge is 2.36. The Hall–Kier alpha value is -1.01. The van der Waals surface area contributed by atoms with Gasteiger partial charge in [0.2, 0.25) is 0 Å². The van der Waals surface area contributed by atoms with Crippen molar-refractivity contribution >= 4 is 0 Å². The van der Waals surface area contributed by atoms with Gasteiger partial charge in [-0.1, -0.05) is 27.2 Å². The summed E-state index contributed by atoms with van der Waals surface area (Å²) in [5.74, 6) is 0.830. The monoisotopic (exact) mass is 280 g/mol. The van der Waals surface area contributed by atoms with E-state index in [2.05, 4.69) is 46.4 Å². The Morgan fingerprint density at radius 1 is 1.30 bits per heavy atom. The van der Waals surface area contributed by atoms with Gasteiger partial charge in [-0.2, -0.15) is 4.80 Å². The summed E-state index contributed by atoms with van der Waals surface area (Å²) in [4.78, 5) is 4.09. The molecule has 2 heterocycles. The fraction of sp³-hybridized carbons (Fsp3) is 0.929. The van der Waals surface area contributed by atoms with Crippen LogP contribution in [0.1, 0.15) is 52.3 Å². The quantitative estimate of drug-likeness (QED) is 0.852. The summed E-state index contributed by atoms with van der Waals surface area (Å²) >= 11 is 0. The second kappa shape index (κ2) is 6.63. The van der Waals surface area contributed by atoms with Gasteiger partial charge in [0.15, 0.2) is 5.82 Å². The first-order valence-corrected chi connectivity index (χ1v) is 7.84. The van der Waals surface area contributed by atoms with Crippen LogP contribution in [0, 0.1) is 0 Å². The summed E-state index contributed by atoms with van der Waals surface area (Å²) in [7, 11) is 1.82. The third kappa shape index (κ3) is 3.35. The van der Waals surface area contributed by atoms with E-state index in [0.29, 0.717) is 6.04 Å². The van der Waals surface area contributed by atoms with Gasteiger partial charge in [-0.3, -0.25) is 4.90 Å². The lowest BCUT2D eigenvalue weighted by atomic mass is 9.88. The molecule has 0 aliphatic carbocycles. The van der Waals surface area contributed by atoms with E-state index in [1.54, 1.807) is 4.80 Å². The van der Waals surface area contributed by atoms with E-state index >= 15 is 0 Å². The topological polar surface area (TPSA) is 58.9 Å². The molecule has 0 aromatic carbocycles. The lowest BCUT2D eigenvalue weighted by Gasteiger charge is -2.47. The van der Waals surface area contributed by atoms with Crippen molar-refractivity contribution < 1.29 is 0 Å². The van der Waals surface area contributed by atoms with E-state index in [9.17, 15) is 0 Å². The van der Waals surface area contributed by atoms with Gasteiger partial charge in [0, 0.05) is 24.7 Å². The lowest BCUT2D eigenvalue weighted by molar-refractivity contribution is 0.0595. The van der Waals surface area contributed by atoms with Gasteiger partial charge in [0.05, 0.1) is 13.6 Å². The number of tetrazole rings is 1. The summed E-state index contributed by atoms with van der Waals surface area (Å²) in [6, 6.07) is 0.579. The van der Waals surface area contributed by atoms with E-state index in [-0.39, 0.29) is 5.54 Å². The number of nitrogens with zero attached hydrogens (tertiary/aromatic N) is 5. The van der Waals surface area contributed by atoms with Gasteiger partial charge in [-0.15, -0.1) is 10.2 Å². The van der Waals surface area contributed by atoms with E-state index < -0.39 is 0 Å². The summed E-state index contributed by atoms with van der Waals surface area (Å²) in [6.45, 7) is 9.74. The maximum Gasteiger partial charge on any atom is 0.188 e. The molecule has 2 rings (SSSR count). The molecule has 1 aliphatic heterocycles. The van der Waals surface area contributed by atoms with E-state index in [1.165, 1.54) is 12.8 Å². The number of hydrogen-bond donors (Lipinski definition) is 1. The fourth-order valence-corrected chi connectivity index (χ4v) is 3.13. The SMILES string of the molecule is CCCC1CNC(CC)(CC)CN1Cc1nnn(C)n1. The normalized spacial score (nSPS) is 23.1. The first kappa shape index (κ1) is 15.4. The van der Waals surface area contributed by atoms with Gasteiger partial charge in [-0.05, 0) is 24.5 Å². The van der Waals surface area contributed by atoms with Crippen LogP contribution in [0.5, 0.6) is 0 Å². The molecule has 0 radical (unpaired) electrons. The van der Waals surface area contributed by atoms with Crippen LogP contribution in [0.3, 0.4) is 0 Å². The zero-order chi connectivity index (χ0) is 14.6. The van der Waals surface area contributed by atoms with Crippen LogP contribution in [0.15, 0.2) is 0 Å². The van der Waals surface area contributed by atoms with Crippen LogP contribution < -0.4 is 5.32 Å². The van der Waals surface area contributed by atoms with Crippen LogP contribution in [0.25, 0.3) is 0 Å². The predicted molar refractivity (Wildman–Crippen MR) is 79.2 cm³/mol. The average Bonchev–Trinajstić information content (AvgIpc) is 2.86. The number of hydrogen-bond acceptors (Lipinski definition) is 5. The molecule has 1 atom stereocenters. The Kier molecular flexibility index (Phi) is 5.10. The second-order valence-electron chi connectivity index (χ2n) is 5.91. The Morgan fingerprint density at radius 3 is 2.60 bits per heavy atom. The summed E-state index contributed by atoms with van der Waals surface area (Å²) in [6.07, 6.45) is 4.75. The molecule has 114 valence electrons. The van der Waals surface area contributed by atoms with Crippen LogP contribution in [0.4, 0.5) is 0 Å². The molecular weight excluding hydrogens is 252 g/mol. The summed E-state index contributed by atoms with van der Waals surface area (Å²) in [5.41, 5.74) is 0.243. The number of aromatic nitrogens is 4. The van der Waals surface area contributed by atoms with Crippen molar-refractivity contribution in [2.75, 3.05) is 13.1 Å². The minimum absolute atomic E-state index is 0.243. The van der Waals surface area contributed by atoms with Crippen molar-refractivity contribution in [1.29, 1.82) is 0 Å². The molecule has 0 saturated carbocycles. The highest BCUT2D eigenvalue weighted by Crippen LogP contribution is 2.25. The molecule has 6 nitrogen and oxygen atoms in total. The van der Waals surface area contributed by atoms with Crippen molar-refractivity contribution in [2.24, 2.45) is 7.05 Å². The molecule has 0 bridgehead atoms. The van der Waals surface area contributed by atoms with E-state index in [4.69, 9.17) is 0 Å². The highest BCUT2D eigenvalue weighted by atomic mass is 15.6. The molecule has 1 aliphatic rings. The molecule has 1 unspecified atom stereocenters. The molecule has 0 amide bonds. The maximum atomic E-state index is 4.33. The maximum absolute atomic E-state index is 4.33. The molecule has 20 heavy (non-hydrogen) atoms. The average molecular weight is 280 g/mol. The van der Waals surface area contributed by atoms with Gasteiger partial charge in [-0.25, -0.2) is 0 Å². The molecule has 1 saturated heterocycles. The number of piperazine rings is 1. The predicted octanol–water partition coefficient (Wildman–Crippen LogP) is 1.34. The Bertz CT molecular complexity index is 412. The van der Waals surface area contributed by atoms with E-state index in [0.717, 1.165) is 38.3 Å². The first-order chi connectivity index (χ1) is 9.62. The van der Waals surface area contributed by atoms with Crippen molar-refractivity contribution in [3.63, 3.8) is 0 Å². The second-order valence-corrected chi connectivity index (χ2v) is 5.91. The fourth-order valence-electron chi connectivity index (χ4n) is 3.13. The molecule has 0 spiro atoms. The molecular formula is C14H28N6. The zero-order valence-corrected chi connectivity index (χ0v) is 13.3. The van der Waals surface area contributed by atoms with Crippen molar-refractivity contribution in [1.82, 2.24) is 30.4 Å². The standard InChI is InChI=1S/C14H28N6/c1-5-8-12-9-15-14(6-2,7-3)11-20(12)10-13-16-18-19(4)17-13/h12,15H,5-11H2,1-4H3. The van der Waals surface area contributed by atoms with Gasteiger partial charge < -0.3 is 5.32 Å². The third-order valence-corrected chi connectivity index (χ3v) is 4.60. The third-order valence-electron chi connectivity index (χ3n) is 4.60. The van der Waals surface area contributed by atoms with Crippen LogP contribution in [0.2, 0.25) is 0 Å². The number of rotatable bonds is 6. The van der Waals surface area contributed by atoms with Gasteiger partial charge in [0.25, 0.3) is 0 Å². The van der Waals surface area contributed by atoms with Crippen molar-refractivity contribution in [3.05, 3.63) is 5.82 Å². The first-order valence-electron chi connectivity index (χ1n) is 7.84. The Labute approximate surface area is 121 Å². The summed E-state index contributed by atoms with van der Waals surface area (Å²) in [5, 5.41) is 16.2. The van der Waals surface area contributed by atoms with Crippen LogP contribution in [-0.4, -0.2) is 49.8 Å². The largest absolute Gasteiger partial charge is 0.308 e. The van der Waals surface area contributed by atoms with E-state index in [1.807, 2.05) is 7.05 Å². The van der Waals surface area contributed by atoms with Crippen LogP contribution >= 0.6 is 0 Å². The number of nitrogens with one attached hydrogen (secondary N) is 1. The molecule has 1 aromatic heterocycles. The smallest absolute Gasteiger partial charge is 0.188 e. The number of aryl methyl sites for hydroxylation is 1. The minimum atomic E-state index is 0.243.